The van der Waals surface area contributed by atoms with Crippen molar-refractivity contribution in [2.24, 2.45) is 0 Å². The van der Waals surface area contributed by atoms with Crippen molar-refractivity contribution >= 4 is 122 Å². The Kier molecular flexibility index (Phi) is 35.1. The first-order valence-electron chi connectivity index (χ1n) is 43.1. The first-order valence-corrected chi connectivity index (χ1v) is 49.9. The average Bonchev–Trinajstić information content (AvgIpc) is 0.743. The van der Waals surface area contributed by atoms with Crippen molar-refractivity contribution < 1.29 is 52.2 Å². The molecular weight excluding hydrogens is 1700 g/mol. The van der Waals surface area contributed by atoms with E-state index in [1.54, 1.807) is 95.9 Å². The van der Waals surface area contributed by atoms with Crippen molar-refractivity contribution in [2.75, 3.05) is 83.6 Å². The number of morpholine rings is 2. The van der Waals surface area contributed by atoms with Gasteiger partial charge < -0.3 is 23.5 Å². The molecule has 14 nitrogen and oxygen atoms in total. The highest BCUT2D eigenvalue weighted by molar-refractivity contribution is 8.01. The predicted octanol–water partition coefficient (Wildman–Crippen LogP) is 23.8. The summed E-state index contributed by atoms with van der Waals surface area (Å²) in [5, 5.41) is 2.07. The van der Waals surface area contributed by atoms with Crippen LogP contribution in [0.5, 0.6) is 0 Å². The summed E-state index contributed by atoms with van der Waals surface area (Å²) in [6.45, 7) is 35.8. The highest BCUT2D eigenvalue weighted by Gasteiger charge is 2.46. The van der Waals surface area contributed by atoms with Gasteiger partial charge in [-0.05, 0) is 236 Å². The Morgan fingerprint density at radius 2 is 0.906 bits per heavy atom. The molecule has 4 heterocycles. The van der Waals surface area contributed by atoms with Crippen molar-refractivity contribution in [1.82, 2.24) is 9.80 Å². The molecule has 4 aliphatic rings. The van der Waals surface area contributed by atoms with Gasteiger partial charge in [0.1, 0.15) is 0 Å². The van der Waals surface area contributed by atoms with Crippen molar-refractivity contribution in [3.63, 3.8) is 0 Å². The summed E-state index contributed by atoms with van der Waals surface area (Å²) >= 11 is 11.0. The first kappa shape index (κ1) is 99.7. The molecule has 0 bridgehead atoms. The van der Waals surface area contributed by atoms with Gasteiger partial charge in [-0.25, -0.2) is 0 Å². The van der Waals surface area contributed by atoms with Gasteiger partial charge in [-0.3, -0.25) is 43.4 Å². The number of hydrogen-bond acceptors (Lipinski definition) is 17. The maximum absolute atomic E-state index is 14.5. The lowest BCUT2D eigenvalue weighted by molar-refractivity contribution is -0.00430. The Bertz CT molecular complexity index is 5670. The second-order valence-corrected chi connectivity index (χ2v) is 43.6. The monoisotopic (exact) mass is 1820 g/mol. The molecule has 20 heteroatoms. The largest absolute Gasteiger partial charge is 0.379 e. The van der Waals surface area contributed by atoms with Crippen LogP contribution < -0.4 is 20.8 Å². The molecule has 1 unspecified atom stereocenters. The molecular formula is C107H120ClN3O11P2S3. The molecule has 0 saturated carbocycles. The van der Waals surface area contributed by atoms with Crippen LogP contribution in [0.15, 0.2) is 257 Å². The van der Waals surface area contributed by atoms with Crippen LogP contribution in [-0.4, -0.2) is 144 Å². The quantitative estimate of drug-likeness (QED) is 0.0399. The molecule has 11 aromatic rings. The molecule has 0 aliphatic carbocycles. The van der Waals surface area contributed by atoms with Crippen molar-refractivity contribution in [1.29, 1.82) is 0 Å². The third kappa shape index (κ3) is 24.4. The minimum Gasteiger partial charge on any atom is -0.379 e. The lowest BCUT2D eigenvalue weighted by Crippen LogP contribution is -2.54. The van der Waals surface area contributed by atoms with E-state index in [4.69, 9.17) is 21.1 Å². The highest BCUT2D eigenvalue weighted by Crippen LogP contribution is 2.54. The van der Waals surface area contributed by atoms with Crippen LogP contribution in [0.4, 0.5) is 5.69 Å². The van der Waals surface area contributed by atoms with Crippen molar-refractivity contribution in [3.05, 3.63) is 348 Å². The van der Waals surface area contributed by atoms with Crippen LogP contribution in [0.3, 0.4) is 0 Å². The van der Waals surface area contributed by atoms with Crippen molar-refractivity contribution in [2.45, 2.75) is 160 Å². The molecule has 0 aromatic heterocycles. The van der Waals surface area contributed by atoms with Crippen LogP contribution in [0.2, 0.25) is 5.02 Å². The number of halogens is 1. The van der Waals surface area contributed by atoms with E-state index in [9.17, 15) is 42.7 Å². The summed E-state index contributed by atoms with van der Waals surface area (Å²) in [4.78, 5) is 101. The van der Waals surface area contributed by atoms with Gasteiger partial charge in [-0.1, -0.05) is 217 Å². The van der Waals surface area contributed by atoms with Gasteiger partial charge in [0.2, 0.25) is 30.9 Å². The number of ether oxygens (including phenoxy) is 2. The second-order valence-electron chi connectivity index (χ2n) is 34.2. The minimum atomic E-state index is -4.11. The number of carbonyl (C=O) groups is 7. The Balaban J connectivity index is 0.000000163. The molecule has 0 spiro atoms. The molecule has 15 rings (SSSR count). The van der Waals surface area contributed by atoms with Gasteiger partial charge >= 0.3 is 0 Å². The van der Waals surface area contributed by atoms with Crippen molar-refractivity contribution in [3.8, 4) is 0 Å². The Morgan fingerprint density at radius 3 is 1.36 bits per heavy atom. The zero-order chi connectivity index (χ0) is 92.3. The lowest BCUT2D eigenvalue weighted by Gasteiger charge is -2.39. The van der Waals surface area contributed by atoms with E-state index in [2.05, 4.69) is 71.9 Å². The number of Topliss-reactive ketones (excluding diaryl/α,β-unsaturated/α-hetero) is 4. The number of thioether (sulfide) groups is 3. The molecule has 0 amide bonds. The lowest BCUT2D eigenvalue weighted by atomic mass is 9.80. The first-order chi connectivity index (χ1) is 60.4. The van der Waals surface area contributed by atoms with Gasteiger partial charge in [0.25, 0.3) is 0 Å². The molecule has 4 aliphatic heterocycles. The van der Waals surface area contributed by atoms with Gasteiger partial charge in [-0.15, -0.1) is 35.3 Å². The van der Waals surface area contributed by atoms with E-state index in [-0.39, 0.29) is 38.7 Å². The smallest absolute Gasteiger partial charge is 0.248 e. The summed E-state index contributed by atoms with van der Waals surface area (Å²) in [5.74, 6) is 1.76. The molecule has 2 saturated heterocycles. The molecule has 127 heavy (non-hydrogen) atoms. The number of fused-ring (bicyclic) bond motifs is 2. The van der Waals surface area contributed by atoms with E-state index in [1.165, 1.54) is 10.5 Å². The van der Waals surface area contributed by atoms with E-state index in [0.717, 1.165) is 145 Å². The van der Waals surface area contributed by atoms with Crippen LogP contribution >= 0.6 is 61.2 Å². The topological polar surface area (TPSA) is 182 Å². The number of carbonyl (C=O) groups excluding carboxylic acids is 7. The number of ketones is 4. The summed E-state index contributed by atoms with van der Waals surface area (Å²) < 4.78 is 39.5. The zero-order valence-electron chi connectivity index (χ0n) is 76.6. The molecule has 664 valence electrons. The summed E-state index contributed by atoms with van der Waals surface area (Å²) in [5.41, 5.74) is 13.4. The Hall–Kier alpha value is -9.45. The fraction of sp³-hybridized carbons (Fsp3) is 0.318. The average molecular weight is 1820 g/mol. The molecule has 2 fully saturated rings. The molecule has 0 N–H and O–H groups in total. The molecule has 1 atom stereocenters. The Morgan fingerprint density at radius 1 is 0.488 bits per heavy atom. The fourth-order valence-electron chi connectivity index (χ4n) is 16.9. The van der Waals surface area contributed by atoms with E-state index >= 15 is 0 Å². The van der Waals surface area contributed by atoms with Gasteiger partial charge in [-0.2, -0.15) is 0 Å². The van der Waals surface area contributed by atoms with Crippen LogP contribution in [-0.2, 0) is 25.0 Å². The second kappa shape index (κ2) is 44.7. The number of hydrogen-bond donors (Lipinski definition) is 0. The normalized spacial score (nSPS) is 14.8. The SMILES string of the molecule is CCC(Cc1ccccc1)(C(=O)c1ccc(N2CCOCC2)cc1)N(C)C.CSc1ccc(C(=O)C(C)(C)N2CCOCC2)cc1.Cc1cc(C)c(C(=O)P(=O)(C(=O)c2c(C)cc(C)cc2C)c2ccccc2)c(C)c1.Cc1cc(C)c(C(=O)P(=O)(c2ccccc2)c2ccccc2)c(C)c1.Cc1ccc2c(c1)C(=O)CC(C)(C)S2.O=C1CCSc2ccc(Cl)cc21. The van der Waals surface area contributed by atoms with E-state index in [1.807, 2.05) is 249 Å². The third-order valence-electron chi connectivity index (χ3n) is 23.5. The van der Waals surface area contributed by atoms with Gasteiger partial charge in [0, 0.05) is 130 Å². The summed E-state index contributed by atoms with van der Waals surface area (Å²) in [6.07, 6.45) is 4.79. The number of aryl methyl sites for hydroxylation is 10. The highest BCUT2D eigenvalue weighted by atomic mass is 35.5. The zero-order valence-corrected chi connectivity index (χ0v) is 81.6. The minimum absolute atomic E-state index is 0.0549. The third-order valence-corrected chi connectivity index (χ3v) is 32.3. The van der Waals surface area contributed by atoms with Gasteiger partial charge in [0.15, 0.2) is 23.1 Å². The van der Waals surface area contributed by atoms with Crippen LogP contribution in [0.1, 0.15) is 188 Å². The summed E-state index contributed by atoms with van der Waals surface area (Å²) in [7, 11) is -3.55. The molecule has 11 aromatic carbocycles. The number of likely N-dealkylation sites (N-methyl/N-ethyl adjacent to an activating group) is 1. The standard InChI is InChI=1S/C26H27O3P.C23H30N2O2.C22H21O2P.C15H21NO2S.C12H14OS.C9H7ClOS/c1-16-12-18(3)23(19(4)13-16)25(27)30(29,22-10-8-7-9-11-22)26(28)24-20(5)14-17(2)15-21(24)6;1-4-23(24(2)3,18-19-8-6-5-7-9-19)22(26)20-10-12-21(13-11-20)25-14-16-27-17-15-25;1-16-14-17(2)21(18(3)15-16)22(23)25(24,19-10-6-4-7-11-19)20-12-8-5-9-13-20;1-15(2,16-8-10-18-11-9-16)14(17)12-4-6-13(19-3)7-5-12;1-8-4-5-11-9(6-8)10(13)7-12(2,3)14-11;10-6-1-2-9-7(5-6)8(11)3-4-12-9/h7-15H,1-6H3;5-13H,4,14-18H2,1-3H3;4-15H,1-3H3;4-7H,8-11H2,1-3H3;4-6H,7H2,1-3H3;1-2,5H,3-4H2. The maximum atomic E-state index is 14.5. The Labute approximate surface area is 770 Å². The maximum Gasteiger partial charge on any atom is 0.248 e. The van der Waals surface area contributed by atoms with Crippen LogP contribution in [0.25, 0.3) is 0 Å². The summed E-state index contributed by atoms with van der Waals surface area (Å²) in [6, 6.07) is 76.0. The number of benzene rings is 11. The van der Waals surface area contributed by atoms with E-state index < -0.39 is 36.4 Å². The number of anilines is 1. The number of rotatable bonds is 20. The van der Waals surface area contributed by atoms with Crippen LogP contribution in [0, 0.1) is 69.2 Å². The number of nitrogens with zero attached hydrogens (tertiary/aromatic N) is 3. The predicted molar refractivity (Wildman–Crippen MR) is 529 cm³/mol. The van der Waals surface area contributed by atoms with Gasteiger partial charge in [0.05, 0.1) is 37.5 Å². The molecule has 0 radical (unpaired) electrons. The van der Waals surface area contributed by atoms with E-state index in [0.29, 0.717) is 64.8 Å². The fourth-order valence-corrected chi connectivity index (χ4v) is 24.9.